The summed E-state index contributed by atoms with van der Waals surface area (Å²) in [5.74, 6) is 0.834. The van der Waals surface area contributed by atoms with Crippen molar-refractivity contribution < 1.29 is 14.2 Å². The summed E-state index contributed by atoms with van der Waals surface area (Å²) < 4.78 is 14.8. The molecule has 0 N–H and O–H groups in total. The number of hydrogen-bond acceptors (Lipinski definition) is 4. The zero-order valence-corrected chi connectivity index (χ0v) is 14.7. The molecule has 6 nitrogen and oxygen atoms in total. The summed E-state index contributed by atoms with van der Waals surface area (Å²) in [6.07, 6.45) is 1.55. The van der Waals surface area contributed by atoms with Gasteiger partial charge in [-0.2, -0.15) is 4.73 Å². The van der Waals surface area contributed by atoms with Crippen LogP contribution in [0.1, 0.15) is 17.4 Å². The Balaban J connectivity index is 1.52. The molecular weight excluding hydrogens is 342 g/mol. The highest BCUT2D eigenvalue weighted by Crippen LogP contribution is 2.30. The number of para-hydroxylation sites is 1. The Kier molecular flexibility index (Phi) is 3.99. The zero-order valence-electron chi connectivity index (χ0n) is 14.7. The largest absolute Gasteiger partial charge is 0.618 e. The van der Waals surface area contributed by atoms with E-state index in [1.165, 1.54) is 0 Å². The number of rotatable bonds is 4. The average molecular weight is 361 g/mol. The monoisotopic (exact) mass is 361 g/mol. The van der Waals surface area contributed by atoms with Crippen molar-refractivity contribution >= 4 is 21.9 Å². The lowest BCUT2D eigenvalue weighted by Crippen LogP contribution is -2.28. The maximum absolute atomic E-state index is 12.3. The minimum absolute atomic E-state index is 0.0216. The molecule has 0 aliphatic carbocycles. The van der Waals surface area contributed by atoms with E-state index in [2.05, 4.69) is 21.7 Å². The summed E-state index contributed by atoms with van der Waals surface area (Å²) in [5.41, 5.74) is 3.45. The van der Waals surface area contributed by atoms with E-state index in [9.17, 15) is 5.21 Å². The first-order valence-electron chi connectivity index (χ1n) is 9.02. The van der Waals surface area contributed by atoms with E-state index < -0.39 is 0 Å². The molecule has 0 spiro atoms. The summed E-state index contributed by atoms with van der Waals surface area (Å²) in [6.45, 7) is 2.08. The number of aromatic nitrogens is 3. The van der Waals surface area contributed by atoms with Gasteiger partial charge in [-0.15, -0.1) is 0 Å². The number of pyridine rings is 1. The van der Waals surface area contributed by atoms with Crippen molar-refractivity contribution in [3.8, 4) is 0 Å². The van der Waals surface area contributed by atoms with Gasteiger partial charge in [0.1, 0.15) is 12.4 Å². The lowest BCUT2D eigenvalue weighted by molar-refractivity contribution is -0.575. The molecule has 0 unspecified atom stereocenters. The summed E-state index contributed by atoms with van der Waals surface area (Å²) in [5, 5.41) is 13.2. The molecule has 0 saturated carbocycles. The second kappa shape index (κ2) is 6.64. The second-order valence-electron chi connectivity index (χ2n) is 6.77. The molecule has 3 heterocycles. The first kappa shape index (κ1) is 16.2. The van der Waals surface area contributed by atoms with Gasteiger partial charge in [-0.25, -0.2) is 4.98 Å². The molecule has 0 radical (unpaired) electrons. The molecule has 0 amide bonds. The van der Waals surface area contributed by atoms with Gasteiger partial charge in [0.25, 0.3) is 0 Å². The highest BCUT2D eigenvalue weighted by molar-refractivity contribution is 6.00. The van der Waals surface area contributed by atoms with Crippen LogP contribution in [0.25, 0.3) is 21.9 Å². The van der Waals surface area contributed by atoms with Crippen molar-refractivity contribution in [1.29, 1.82) is 0 Å². The first-order valence-corrected chi connectivity index (χ1v) is 9.02. The Morgan fingerprint density at radius 2 is 1.96 bits per heavy atom. The average Bonchev–Trinajstić information content (AvgIpc) is 3.08. The van der Waals surface area contributed by atoms with E-state index in [-0.39, 0.29) is 6.04 Å². The topological polar surface area (TPSA) is 63.2 Å². The molecule has 6 heteroatoms. The van der Waals surface area contributed by atoms with Crippen LogP contribution in [0.4, 0.5) is 0 Å². The van der Waals surface area contributed by atoms with Gasteiger partial charge in [-0.05, 0) is 11.6 Å². The van der Waals surface area contributed by atoms with Crippen LogP contribution < -0.4 is 4.73 Å². The summed E-state index contributed by atoms with van der Waals surface area (Å²) in [6, 6.07) is 17.8. The number of benzene rings is 2. The summed E-state index contributed by atoms with van der Waals surface area (Å²) in [7, 11) is 0. The fourth-order valence-corrected chi connectivity index (χ4v) is 3.77. The van der Waals surface area contributed by atoms with Gasteiger partial charge in [0.2, 0.25) is 11.7 Å². The molecule has 4 aromatic rings. The number of nitrogens with zero attached hydrogens (tertiary/aromatic N) is 3. The van der Waals surface area contributed by atoms with Crippen molar-refractivity contribution in [2.75, 3.05) is 13.2 Å². The highest BCUT2D eigenvalue weighted by atomic mass is 16.5. The van der Waals surface area contributed by atoms with Crippen LogP contribution in [-0.2, 0) is 22.7 Å². The molecule has 1 aliphatic heterocycles. The van der Waals surface area contributed by atoms with Gasteiger partial charge in [0.05, 0.1) is 36.8 Å². The van der Waals surface area contributed by atoms with E-state index in [0.717, 1.165) is 27.0 Å². The van der Waals surface area contributed by atoms with Crippen molar-refractivity contribution in [2.24, 2.45) is 0 Å². The van der Waals surface area contributed by atoms with Crippen LogP contribution in [0.15, 0.2) is 60.8 Å². The number of imidazole rings is 1. The third kappa shape index (κ3) is 2.83. The van der Waals surface area contributed by atoms with Crippen molar-refractivity contribution in [3.63, 3.8) is 0 Å². The van der Waals surface area contributed by atoms with Crippen LogP contribution in [0, 0.1) is 5.21 Å². The molecular formula is C21H19N3O3. The minimum Gasteiger partial charge on any atom is -0.618 e. The van der Waals surface area contributed by atoms with Gasteiger partial charge < -0.3 is 19.2 Å². The van der Waals surface area contributed by atoms with Gasteiger partial charge >= 0.3 is 0 Å². The first-order chi connectivity index (χ1) is 13.3. The Morgan fingerprint density at radius 3 is 2.85 bits per heavy atom. The highest BCUT2D eigenvalue weighted by Gasteiger charge is 2.27. The maximum Gasteiger partial charge on any atom is 0.226 e. The Labute approximate surface area is 156 Å². The fourth-order valence-electron chi connectivity index (χ4n) is 3.77. The lowest BCUT2D eigenvalue weighted by atomic mass is 10.1. The molecule has 5 rings (SSSR count). The lowest BCUT2D eigenvalue weighted by Gasteiger charge is -2.26. The molecule has 136 valence electrons. The molecule has 27 heavy (non-hydrogen) atoms. The number of ether oxygens (including phenoxy) is 2. The van der Waals surface area contributed by atoms with E-state index in [1.54, 1.807) is 6.20 Å². The smallest absolute Gasteiger partial charge is 0.226 e. The van der Waals surface area contributed by atoms with Crippen molar-refractivity contribution in [2.45, 2.75) is 19.3 Å². The molecule has 1 aliphatic rings. The molecule has 1 atom stereocenters. The molecule has 2 aromatic heterocycles. The number of fused-ring (bicyclic) bond motifs is 5. The normalized spacial score (nSPS) is 16.7. The van der Waals surface area contributed by atoms with E-state index in [1.807, 2.05) is 42.5 Å². The Hall–Kier alpha value is -2.96. The molecule has 0 fully saturated rings. The molecule has 2 aromatic carbocycles. The number of hydrogen-bond donors (Lipinski definition) is 0. The third-order valence-corrected chi connectivity index (χ3v) is 4.98. The van der Waals surface area contributed by atoms with Crippen molar-refractivity contribution in [3.05, 3.63) is 77.4 Å². The third-order valence-electron chi connectivity index (χ3n) is 4.98. The zero-order chi connectivity index (χ0) is 18.2. The quantitative estimate of drug-likeness (QED) is 0.414. The van der Waals surface area contributed by atoms with E-state index in [4.69, 9.17) is 9.47 Å². The summed E-state index contributed by atoms with van der Waals surface area (Å²) >= 11 is 0. The molecule has 0 bridgehead atoms. The SMILES string of the molecule is [O-][n+]1cc2nc3n(c2c2ccccc21)[C@@H](COCc1ccccc1)COC3. The van der Waals surface area contributed by atoms with Gasteiger partial charge in [0.15, 0.2) is 5.52 Å². The Bertz CT molecular complexity index is 1110. The van der Waals surface area contributed by atoms with Gasteiger partial charge in [-0.1, -0.05) is 42.5 Å². The van der Waals surface area contributed by atoms with Crippen LogP contribution >= 0.6 is 0 Å². The molecule has 0 saturated heterocycles. The second-order valence-corrected chi connectivity index (χ2v) is 6.77. The minimum atomic E-state index is 0.0216. The van der Waals surface area contributed by atoms with Crippen LogP contribution in [0.2, 0.25) is 0 Å². The summed E-state index contributed by atoms with van der Waals surface area (Å²) in [4.78, 5) is 4.64. The van der Waals surface area contributed by atoms with Crippen LogP contribution in [0.3, 0.4) is 0 Å². The predicted molar refractivity (Wildman–Crippen MR) is 101 cm³/mol. The maximum atomic E-state index is 12.3. The Morgan fingerprint density at radius 1 is 1.15 bits per heavy atom. The van der Waals surface area contributed by atoms with Gasteiger partial charge in [0, 0.05) is 6.07 Å². The van der Waals surface area contributed by atoms with Crippen molar-refractivity contribution in [1.82, 2.24) is 9.55 Å². The van der Waals surface area contributed by atoms with E-state index >= 15 is 0 Å². The fraction of sp³-hybridized carbons (Fsp3) is 0.238. The van der Waals surface area contributed by atoms with Gasteiger partial charge in [-0.3, -0.25) is 0 Å². The van der Waals surface area contributed by atoms with Crippen LogP contribution in [0.5, 0.6) is 0 Å². The predicted octanol–water partition coefficient (Wildman–Crippen LogP) is 3.11. The van der Waals surface area contributed by atoms with Crippen LogP contribution in [-0.4, -0.2) is 22.8 Å². The van der Waals surface area contributed by atoms with E-state index in [0.29, 0.717) is 37.5 Å². The standard InChI is InChI=1S/C21H19N3O3/c25-23-10-18-21(17-8-4-5-9-19(17)23)24-16(13-27-14-20(24)22-18)12-26-11-15-6-2-1-3-7-15/h1-10,16H,11-14H2/t16-/m0/s1.